The average Bonchev–Trinajstić information content (AvgIpc) is 3.00. The molecule has 0 aliphatic carbocycles. The summed E-state index contributed by atoms with van der Waals surface area (Å²) >= 11 is 6.68. The minimum absolute atomic E-state index is 0.0648. The van der Waals surface area contributed by atoms with Crippen LogP contribution in [-0.4, -0.2) is 23.1 Å². The van der Waals surface area contributed by atoms with Gasteiger partial charge in [-0.15, -0.1) is 0 Å². The summed E-state index contributed by atoms with van der Waals surface area (Å²) in [6.45, 7) is 1.66. The second-order valence-corrected chi connectivity index (χ2v) is 8.33. The van der Waals surface area contributed by atoms with Gasteiger partial charge in [-0.3, -0.25) is 9.59 Å². The van der Waals surface area contributed by atoms with E-state index < -0.39 is 17.5 Å². The van der Waals surface area contributed by atoms with E-state index in [0.29, 0.717) is 11.1 Å². The van der Waals surface area contributed by atoms with E-state index in [1.165, 1.54) is 6.08 Å². The SMILES string of the molecule is CC1(C(CC(=O)c2ccc(Br)cc2)C(=O)c2ccc(Br)cc2)C=CC(=O)O1. The third-order valence-corrected chi connectivity index (χ3v) is 5.62. The van der Waals surface area contributed by atoms with Crippen molar-refractivity contribution in [3.63, 3.8) is 0 Å². The lowest BCUT2D eigenvalue weighted by Gasteiger charge is -2.30. The third-order valence-electron chi connectivity index (χ3n) is 4.56. The summed E-state index contributed by atoms with van der Waals surface area (Å²) in [5, 5.41) is 0. The number of hydrogen-bond acceptors (Lipinski definition) is 4. The average molecular weight is 492 g/mol. The summed E-state index contributed by atoms with van der Waals surface area (Å²) in [5.41, 5.74) is -0.195. The molecule has 1 aliphatic rings. The summed E-state index contributed by atoms with van der Waals surface area (Å²) in [6, 6.07) is 13.9. The van der Waals surface area contributed by atoms with Crippen LogP contribution in [0.1, 0.15) is 34.1 Å². The number of halogens is 2. The van der Waals surface area contributed by atoms with Gasteiger partial charge >= 0.3 is 5.97 Å². The minimum atomic E-state index is -1.16. The van der Waals surface area contributed by atoms with Gasteiger partial charge in [0, 0.05) is 32.6 Å². The Kier molecular flexibility index (Phi) is 5.77. The molecule has 0 saturated carbocycles. The molecule has 2 aromatic rings. The molecule has 0 amide bonds. The van der Waals surface area contributed by atoms with Gasteiger partial charge in [0.05, 0.1) is 5.92 Å². The molecule has 2 unspecified atom stereocenters. The molecule has 0 bridgehead atoms. The first-order chi connectivity index (χ1) is 12.8. The first-order valence-corrected chi connectivity index (χ1v) is 9.88. The molecule has 0 fully saturated rings. The van der Waals surface area contributed by atoms with Crippen molar-refractivity contribution in [2.75, 3.05) is 0 Å². The van der Waals surface area contributed by atoms with Gasteiger partial charge in [-0.05, 0) is 37.3 Å². The number of ketones is 2. The molecule has 6 heteroatoms. The predicted molar refractivity (Wildman–Crippen MR) is 109 cm³/mol. The number of ether oxygens (including phenoxy) is 1. The van der Waals surface area contributed by atoms with Gasteiger partial charge in [-0.1, -0.05) is 56.1 Å². The Morgan fingerprint density at radius 3 is 1.96 bits per heavy atom. The smallest absolute Gasteiger partial charge is 0.331 e. The Labute approximate surface area is 173 Å². The van der Waals surface area contributed by atoms with Crippen LogP contribution in [0.25, 0.3) is 0 Å². The van der Waals surface area contributed by atoms with Gasteiger partial charge in [0.2, 0.25) is 0 Å². The van der Waals surface area contributed by atoms with Crippen molar-refractivity contribution in [2.24, 2.45) is 5.92 Å². The molecule has 3 rings (SSSR count). The second-order valence-electron chi connectivity index (χ2n) is 6.50. The van der Waals surface area contributed by atoms with Crippen LogP contribution in [-0.2, 0) is 9.53 Å². The monoisotopic (exact) mass is 490 g/mol. The zero-order valence-corrected chi connectivity index (χ0v) is 17.6. The molecular weight excluding hydrogens is 476 g/mol. The van der Waals surface area contributed by atoms with Crippen LogP contribution < -0.4 is 0 Å². The minimum Gasteiger partial charge on any atom is -0.451 e. The van der Waals surface area contributed by atoms with E-state index in [9.17, 15) is 14.4 Å². The summed E-state index contributed by atoms with van der Waals surface area (Å²) in [7, 11) is 0. The molecule has 138 valence electrons. The van der Waals surface area contributed by atoms with Crippen LogP contribution in [0.4, 0.5) is 0 Å². The molecule has 27 heavy (non-hydrogen) atoms. The van der Waals surface area contributed by atoms with Crippen molar-refractivity contribution in [3.8, 4) is 0 Å². The first-order valence-electron chi connectivity index (χ1n) is 8.29. The Morgan fingerprint density at radius 2 is 1.48 bits per heavy atom. The molecule has 1 aliphatic heterocycles. The zero-order chi connectivity index (χ0) is 19.6. The number of Topliss-reactive ketones (excluding diaryl/α,β-unsaturated/α-hetero) is 2. The zero-order valence-electron chi connectivity index (χ0n) is 14.4. The van der Waals surface area contributed by atoms with E-state index in [4.69, 9.17) is 4.74 Å². The van der Waals surface area contributed by atoms with E-state index in [1.54, 1.807) is 61.5 Å². The van der Waals surface area contributed by atoms with Crippen LogP contribution in [0.3, 0.4) is 0 Å². The lowest BCUT2D eigenvalue weighted by molar-refractivity contribution is -0.146. The molecule has 0 saturated heterocycles. The van der Waals surface area contributed by atoms with Gasteiger partial charge in [-0.25, -0.2) is 4.79 Å². The molecule has 0 N–H and O–H groups in total. The van der Waals surface area contributed by atoms with Gasteiger partial charge in [0.15, 0.2) is 11.6 Å². The fraction of sp³-hybridized carbons (Fsp3) is 0.190. The molecule has 0 spiro atoms. The topological polar surface area (TPSA) is 60.4 Å². The van der Waals surface area contributed by atoms with Crippen LogP contribution in [0.15, 0.2) is 69.6 Å². The number of hydrogen-bond donors (Lipinski definition) is 0. The van der Waals surface area contributed by atoms with Crippen molar-refractivity contribution in [2.45, 2.75) is 18.9 Å². The number of esters is 1. The van der Waals surface area contributed by atoms with E-state index in [0.717, 1.165) is 8.95 Å². The molecule has 0 aromatic heterocycles. The molecule has 1 heterocycles. The fourth-order valence-corrected chi connectivity index (χ4v) is 3.54. The Balaban J connectivity index is 1.92. The number of benzene rings is 2. The highest BCUT2D eigenvalue weighted by Crippen LogP contribution is 2.34. The van der Waals surface area contributed by atoms with Gasteiger partial charge in [0.25, 0.3) is 0 Å². The van der Waals surface area contributed by atoms with Crippen molar-refractivity contribution >= 4 is 49.4 Å². The van der Waals surface area contributed by atoms with E-state index in [2.05, 4.69) is 31.9 Å². The highest BCUT2D eigenvalue weighted by molar-refractivity contribution is 9.10. The summed E-state index contributed by atoms with van der Waals surface area (Å²) in [6.07, 6.45) is 2.79. The van der Waals surface area contributed by atoms with E-state index in [1.807, 2.05) is 0 Å². The summed E-state index contributed by atoms with van der Waals surface area (Å²) in [5.74, 6) is -1.76. The molecule has 2 aromatic carbocycles. The van der Waals surface area contributed by atoms with Crippen molar-refractivity contribution in [1.82, 2.24) is 0 Å². The molecule has 4 nitrogen and oxygen atoms in total. The van der Waals surface area contributed by atoms with Crippen molar-refractivity contribution in [1.29, 1.82) is 0 Å². The maximum Gasteiger partial charge on any atom is 0.331 e. The standard InChI is InChI=1S/C21H16Br2O4/c1-21(11-10-19(25)27-21)17(20(26)14-4-8-16(23)9-5-14)12-18(24)13-2-6-15(22)7-3-13/h2-11,17H,12H2,1H3. The molecule has 2 atom stereocenters. The normalized spacial score (nSPS) is 19.6. The first kappa shape index (κ1) is 19.7. The van der Waals surface area contributed by atoms with Crippen LogP contribution >= 0.6 is 31.9 Å². The Bertz CT molecular complexity index is 916. The van der Waals surface area contributed by atoms with Crippen LogP contribution in [0.5, 0.6) is 0 Å². The van der Waals surface area contributed by atoms with Crippen molar-refractivity contribution < 1.29 is 19.1 Å². The Hall–Kier alpha value is -2.05. The van der Waals surface area contributed by atoms with Gasteiger partial charge in [0.1, 0.15) is 5.60 Å². The lowest BCUT2D eigenvalue weighted by Crippen LogP contribution is -2.40. The predicted octanol–water partition coefficient (Wildman–Crippen LogP) is 5.16. The lowest BCUT2D eigenvalue weighted by atomic mass is 9.79. The summed E-state index contributed by atoms with van der Waals surface area (Å²) in [4.78, 5) is 37.6. The maximum atomic E-state index is 13.2. The van der Waals surface area contributed by atoms with Crippen LogP contribution in [0.2, 0.25) is 0 Å². The largest absolute Gasteiger partial charge is 0.451 e. The maximum absolute atomic E-state index is 13.2. The summed E-state index contributed by atoms with van der Waals surface area (Å²) < 4.78 is 7.10. The third kappa shape index (κ3) is 4.45. The highest BCUT2D eigenvalue weighted by Gasteiger charge is 2.44. The number of rotatable bonds is 6. The molecule has 0 radical (unpaired) electrons. The molecular formula is C21H16Br2O4. The number of carbonyl (C=O) groups is 3. The quantitative estimate of drug-likeness (QED) is 0.414. The number of carbonyl (C=O) groups excluding carboxylic acids is 3. The Morgan fingerprint density at radius 1 is 0.963 bits per heavy atom. The van der Waals surface area contributed by atoms with Gasteiger partial charge < -0.3 is 4.74 Å². The fourth-order valence-electron chi connectivity index (χ4n) is 3.02. The highest BCUT2D eigenvalue weighted by atomic mass is 79.9. The number of cyclic esters (lactones) is 1. The van der Waals surface area contributed by atoms with Crippen molar-refractivity contribution in [3.05, 3.63) is 80.8 Å². The van der Waals surface area contributed by atoms with E-state index in [-0.39, 0.29) is 18.0 Å². The second kappa shape index (κ2) is 7.90. The van der Waals surface area contributed by atoms with E-state index >= 15 is 0 Å². The van der Waals surface area contributed by atoms with Crippen LogP contribution in [0, 0.1) is 5.92 Å². The van der Waals surface area contributed by atoms with Gasteiger partial charge in [-0.2, -0.15) is 0 Å².